The minimum atomic E-state index is -3.67. The number of nitrogens with one attached hydrogen (secondary N) is 1. The molecule has 0 radical (unpaired) electrons. The number of hydrogen-bond acceptors (Lipinski definition) is 5. The fraction of sp³-hybridized carbons (Fsp3) is 0.667. The third-order valence-electron chi connectivity index (χ3n) is 2.43. The van der Waals surface area contributed by atoms with Crippen LogP contribution < -0.4 is 10.5 Å². The third kappa shape index (κ3) is 3.18. The first-order valence-corrected chi connectivity index (χ1v) is 6.71. The topological polar surface area (TPSA) is 110 Å². The van der Waals surface area contributed by atoms with Crippen molar-refractivity contribution in [3.63, 3.8) is 0 Å². The van der Waals surface area contributed by atoms with Gasteiger partial charge in [0.25, 0.3) is 0 Å². The van der Waals surface area contributed by atoms with E-state index in [-0.39, 0.29) is 17.3 Å². The van der Waals surface area contributed by atoms with Crippen LogP contribution in [0.4, 0.5) is 5.82 Å². The number of aryl methyl sites for hydroxylation is 1. The Kier molecular flexibility index (Phi) is 4.12. The smallest absolute Gasteiger partial charge is 0.246 e. The van der Waals surface area contributed by atoms with Gasteiger partial charge in [-0.15, -0.1) is 0 Å². The van der Waals surface area contributed by atoms with Gasteiger partial charge in [0, 0.05) is 13.6 Å². The molecule has 0 saturated heterocycles. The maximum absolute atomic E-state index is 11.9. The molecule has 1 aromatic heterocycles. The van der Waals surface area contributed by atoms with Gasteiger partial charge in [0.2, 0.25) is 10.0 Å². The largest absolute Gasteiger partial charge is 0.393 e. The molecule has 8 heteroatoms. The van der Waals surface area contributed by atoms with Crippen LogP contribution in [0.1, 0.15) is 19.0 Å². The van der Waals surface area contributed by atoms with Crippen LogP contribution in [-0.4, -0.2) is 36.0 Å². The molecule has 98 valence electrons. The summed E-state index contributed by atoms with van der Waals surface area (Å²) < 4.78 is 27.7. The van der Waals surface area contributed by atoms with Gasteiger partial charge in [-0.1, -0.05) is 0 Å². The van der Waals surface area contributed by atoms with E-state index in [0.717, 1.165) is 0 Å². The highest BCUT2D eigenvalue weighted by Crippen LogP contribution is 2.20. The molecule has 0 aliphatic rings. The zero-order chi connectivity index (χ0) is 13.2. The first-order valence-electron chi connectivity index (χ1n) is 5.22. The van der Waals surface area contributed by atoms with Crippen molar-refractivity contribution in [2.45, 2.75) is 31.3 Å². The SMILES string of the molecule is Cc1c(S(=O)(=O)NCCC(C)O)c(N)nn1C. The summed E-state index contributed by atoms with van der Waals surface area (Å²) in [5.74, 6) is -0.0189. The highest BCUT2D eigenvalue weighted by atomic mass is 32.2. The molecular formula is C9H18N4O3S. The van der Waals surface area contributed by atoms with E-state index in [1.54, 1.807) is 20.9 Å². The highest BCUT2D eigenvalue weighted by molar-refractivity contribution is 7.89. The lowest BCUT2D eigenvalue weighted by Crippen LogP contribution is -2.27. The fourth-order valence-corrected chi connectivity index (χ4v) is 2.79. The summed E-state index contributed by atoms with van der Waals surface area (Å²) >= 11 is 0. The van der Waals surface area contributed by atoms with Crippen molar-refractivity contribution >= 4 is 15.8 Å². The van der Waals surface area contributed by atoms with Gasteiger partial charge < -0.3 is 10.8 Å². The summed E-state index contributed by atoms with van der Waals surface area (Å²) in [5, 5.41) is 12.9. The van der Waals surface area contributed by atoms with Crippen LogP contribution in [0.25, 0.3) is 0 Å². The Morgan fingerprint density at radius 2 is 2.18 bits per heavy atom. The van der Waals surface area contributed by atoms with Gasteiger partial charge in [-0.05, 0) is 20.3 Å². The van der Waals surface area contributed by atoms with Crippen LogP contribution in [0.3, 0.4) is 0 Å². The van der Waals surface area contributed by atoms with E-state index in [1.165, 1.54) is 4.68 Å². The number of sulfonamides is 1. The quantitative estimate of drug-likeness (QED) is 0.653. The number of anilines is 1. The number of rotatable bonds is 5. The third-order valence-corrected chi connectivity index (χ3v) is 4.05. The first-order chi connectivity index (χ1) is 7.75. The van der Waals surface area contributed by atoms with Gasteiger partial charge in [0.15, 0.2) is 5.82 Å². The lowest BCUT2D eigenvalue weighted by Gasteiger charge is -2.08. The van der Waals surface area contributed by atoms with Crippen molar-refractivity contribution in [2.75, 3.05) is 12.3 Å². The van der Waals surface area contributed by atoms with E-state index in [9.17, 15) is 8.42 Å². The molecule has 0 amide bonds. The Hall–Kier alpha value is -1.12. The number of aromatic nitrogens is 2. The average Bonchev–Trinajstić information content (AvgIpc) is 2.40. The van der Waals surface area contributed by atoms with Crippen LogP contribution in [0.5, 0.6) is 0 Å². The Balaban J connectivity index is 2.90. The van der Waals surface area contributed by atoms with E-state index in [4.69, 9.17) is 10.8 Å². The van der Waals surface area contributed by atoms with Gasteiger partial charge in [0.1, 0.15) is 4.90 Å². The zero-order valence-electron chi connectivity index (χ0n) is 10.1. The van der Waals surface area contributed by atoms with Crippen molar-refractivity contribution in [1.29, 1.82) is 0 Å². The minimum absolute atomic E-state index is 0.00518. The summed E-state index contributed by atoms with van der Waals surface area (Å²) in [6.07, 6.45) is -0.205. The molecule has 1 aromatic rings. The molecule has 1 unspecified atom stereocenters. The lowest BCUT2D eigenvalue weighted by molar-refractivity contribution is 0.186. The van der Waals surface area contributed by atoms with E-state index in [1.807, 2.05) is 0 Å². The highest BCUT2D eigenvalue weighted by Gasteiger charge is 2.24. The second-order valence-electron chi connectivity index (χ2n) is 3.96. The van der Waals surface area contributed by atoms with Gasteiger partial charge in [0.05, 0.1) is 11.8 Å². The van der Waals surface area contributed by atoms with Crippen LogP contribution in [0.2, 0.25) is 0 Å². The number of nitrogens with zero attached hydrogens (tertiary/aromatic N) is 2. The molecular weight excluding hydrogens is 244 g/mol. The fourth-order valence-electron chi connectivity index (χ4n) is 1.42. The number of hydrogen-bond donors (Lipinski definition) is 3. The average molecular weight is 262 g/mol. The van der Waals surface area contributed by atoms with Gasteiger partial charge >= 0.3 is 0 Å². The number of nitrogens with two attached hydrogens (primary N) is 1. The summed E-state index contributed by atoms with van der Waals surface area (Å²) in [6, 6.07) is 0. The molecule has 1 atom stereocenters. The molecule has 0 aliphatic heterocycles. The molecule has 1 heterocycles. The van der Waals surface area contributed by atoms with Crippen molar-refractivity contribution in [2.24, 2.45) is 7.05 Å². The molecule has 0 spiro atoms. The molecule has 0 fully saturated rings. The zero-order valence-corrected chi connectivity index (χ0v) is 11.0. The maximum atomic E-state index is 11.9. The predicted molar refractivity (Wildman–Crippen MR) is 63.8 cm³/mol. The van der Waals surface area contributed by atoms with E-state index in [0.29, 0.717) is 12.1 Å². The van der Waals surface area contributed by atoms with Gasteiger partial charge in [-0.3, -0.25) is 4.68 Å². The number of aliphatic hydroxyl groups excluding tert-OH is 1. The van der Waals surface area contributed by atoms with Crippen LogP contribution in [0.15, 0.2) is 4.90 Å². The Labute approximate surface area is 101 Å². The Morgan fingerprint density at radius 1 is 1.59 bits per heavy atom. The molecule has 0 saturated carbocycles. The standard InChI is InChI=1S/C9H18N4O3S/c1-6(14)4-5-11-17(15,16)8-7(2)13(3)12-9(8)10/h6,11,14H,4-5H2,1-3H3,(H2,10,12). The first kappa shape index (κ1) is 13.9. The molecule has 0 bridgehead atoms. The van der Waals surface area contributed by atoms with Crippen molar-refractivity contribution in [3.8, 4) is 0 Å². The van der Waals surface area contributed by atoms with E-state index < -0.39 is 16.1 Å². The molecule has 0 aromatic carbocycles. The van der Waals surface area contributed by atoms with Crippen LogP contribution >= 0.6 is 0 Å². The monoisotopic (exact) mass is 262 g/mol. The molecule has 7 nitrogen and oxygen atoms in total. The summed E-state index contributed by atoms with van der Waals surface area (Å²) in [5.41, 5.74) is 6.04. The summed E-state index contributed by atoms with van der Waals surface area (Å²) in [4.78, 5) is 0.00518. The summed E-state index contributed by atoms with van der Waals surface area (Å²) in [7, 11) is -2.04. The van der Waals surface area contributed by atoms with Gasteiger partial charge in [-0.25, -0.2) is 13.1 Å². The minimum Gasteiger partial charge on any atom is -0.393 e. The molecule has 17 heavy (non-hydrogen) atoms. The summed E-state index contributed by atoms with van der Waals surface area (Å²) in [6.45, 7) is 3.39. The van der Waals surface area contributed by atoms with E-state index in [2.05, 4.69) is 9.82 Å². The molecule has 1 rings (SSSR count). The second kappa shape index (κ2) is 5.03. The number of aliphatic hydroxyl groups is 1. The molecule has 0 aliphatic carbocycles. The van der Waals surface area contributed by atoms with Crippen LogP contribution in [-0.2, 0) is 17.1 Å². The lowest BCUT2D eigenvalue weighted by atomic mass is 10.3. The number of nitrogen functional groups attached to an aromatic ring is 1. The molecule has 4 N–H and O–H groups in total. The maximum Gasteiger partial charge on any atom is 0.246 e. The van der Waals surface area contributed by atoms with Crippen molar-refractivity contribution in [1.82, 2.24) is 14.5 Å². The van der Waals surface area contributed by atoms with Crippen molar-refractivity contribution < 1.29 is 13.5 Å². The normalized spacial score (nSPS) is 13.9. The Morgan fingerprint density at radius 3 is 2.59 bits per heavy atom. The van der Waals surface area contributed by atoms with E-state index >= 15 is 0 Å². The van der Waals surface area contributed by atoms with Crippen LogP contribution in [0, 0.1) is 6.92 Å². The Bertz CT molecular complexity index is 493. The second-order valence-corrected chi connectivity index (χ2v) is 5.66. The van der Waals surface area contributed by atoms with Gasteiger partial charge in [-0.2, -0.15) is 5.10 Å². The predicted octanol–water partition coefficient (Wildman–Crippen LogP) is -0.640. The van der Waals surface area contributed by atoms with Crippen molar-refractivity contribution in [3.05, 3.63) is 5.69 Å².